The van der Waals surface area contributed by atoms with Crippen LogP contribution >= 0.6 is 0 Å². The van der Waals surface area contributed by atoms with Crippen LogP contribution in [0.5, 0.6) is 0 Å². The van der Waals surface area contributed by atoms with Crippen molar-refractivity contribution >= 4 is 0 Å². The third-order valence-corrected chi connectivity index (χ3v) is 2.84. The average molecular weight is 224 g/mol. The number of ether oxygens (including phenoxy) is 1. The lowest BCUT2D eigenvalue weighted by molar-refractivity contribution is 0.0737. The number of hydrogen-bond acceptors (Lipinski definition) is 4. The lowest BCUT2D eigenvalue weighted by atomic mass is 10.0. The maximum absolute atomic E-state index is 5.72. The summed E-state index contributed by atoms with van der Waals surface area (Å²) >= 11 is 0. The summed E-state index contributed by atoms with van der Waals surface area (Å²) in [5, 5.41) is 3.28. The van der Waals surface area contributed by atoms with Crippen molar-refractivity contribution in [3.05, 3.63) is 17.8 Å². The summed E-state index contributed by atoms with van der Waals surface area (Å²) in [4.78, 5) is 4.28. The molecule has 1 aliphatic heterocycles. The number of nitrogens with one attached hydrogen (secondary N) is 1. The van der Waals surface area contributed by atoms with Crippen molar-refractivity contribution in [2.24, 2.45) is 0 Å². The molecule has 1 atom stereocenters. The van der Waals surface area contributed by atoms with E-state index in [9.17, 15) is 0 Å². The molecule has 1 unspecified atom stereocenters. The number of aromatic nitrogens is 1. The van der Waals surface area contributed by atoms with Crippen LogP contribution in [0.15, 0.2) is 10.6 Å². The van der Waals surface area contributed by atoms with E-state index in [2.05, 4.69) is 17.2 Å². The Balaban J connectivity index is 1.85. The van der Waals surface area contributed by atoms with Crippen LogP contribution in [0.4, 0.5) is 0 Å². The molecule has 1 saturated heterocycles. The molecule has 0 saturated carbocycles. The van der Waals surface area contributed by atoms with Crippen LogP contribution in [0.25, 0.3) is 0 Å². The topological polar surface area (TPSA) is 47.3 Å². The Labute approximate surface area is 96.4 Å². The van der Waals surface area contributed by atoms with Gasteiger partial charge in [-0.15, -0.1) is 0 Å². The average Bonchev–Trinajstić information content (AvgIpc) is 2.79. The first-order chi connectivity index (χ1) is 7.90. The quantitative estimate of drug-likeness (QED) is 0.778. The number of nitrogens with zero attached hydrogens (tertiary/aromatic N) is 1. The Bertz CT molecular complexity index is 306. The summed E-state index contributed by atoms with van der Waals surface area (Å²) in [6.45, 7) is 5.53. The van der Waals surface area contributed by atoms with E-state index in [4.69, 9.17) is 9.15 Å². The van der Waals surface area contributed by atoms with E-state index in [1.807, 2.05) is 6.20 Å². The Morgan fingerprint density at radius 2 is 2.50 bits per heavy atom. The minimum Gasteiger partial charge on any atom is -0.444 e. The van der Waals surface area contributed by atoms with Gasteiger partial charge in [0.25, 0.3) is 0 Å². The van der Waals surface area contributed by atoms with E-state index < -0.39 is 0 Å². The van der Waals surface area contributed by atoms with Crippen molar-refractivity contribution in [2.45, 2.75) is 38.6 Å². The van der Waals surface area contributed by atoms with Gasteiger partial charge in [-0.25, -0.2) is 4.98 Å². The van der Waals surface area contributed by atoms with Gasteiger partial charge in [0.2, 0.25) is 5.89 Å². The molecule has 0 amide bonds. The SMILES string of the molecule is CCCNCc1ncc(C2CCCOC2)o1. The molecule has 1 aromatic heterocycles. The summed E-state index contributed by atoms with van der Waals surface area (Å²) in [6.07, 6.45) is 5.25. The Kier molecular flexibility index (Phi) is 4.36. The van der Waals surface area contributed by atoms with Gasteiger partial charge in [0.1, 0.15) is 5.76 Å². The summed E-state index contributed by atoms with van der Waals surface area (Å²) in [6, 6.07) is 0. The minimum atomic E-state index is 0.404. The third-order valence-electron chi connectivity index (χ3n) is 2.84. The fourth-order valence-electron chi connectivity index (χ4n) is 1.93. The zero-order valence-corrected chi connectivity index (χ0v) is 9.87. The van der Waals surface area contributed by atoms with Crippen LogP contribution in [-0.2, 0) is 11.3 Å². The van der Waals surface area contributed by atoms with Crippen molar-refractivity contribution < 1.29 is 9.15 Å². The molecule has 0 spiro atoms. The molecule has 0 radical (unpaired) electrons. The lowest BCUT2D eigenvalue weighted by Crippen LogP contribution is -2.15. The first-order valence-electron chi connectivity index (χ1n) is 6.13. The molecule has 2 heterocycles. The van der Waals surface area contributed by atoms with Crippen LogP contribution in [0.1, 0.15) is 43.8 Å². The van der Waals surface area contributed by atoms with Gasteiger partial charge >= 0.3 is 0 Å². The molecule has 1 aliphatic rings. The fraction of sp³-hybridized carbons (Fsp3) is 0.750. The molecule has 0 aliphatic carbocycles. The van der Waals surface area contributed by atoms with Gasteiger partial charge < -0.3 is 14.5 Å². The van der Waals surface area contributed by atoms with Gasteiger partial charge in [0.05, 0.1) is 19.3 Å². The van der Waals surface area contributed by atoms with Crippen molar-refractivity contribution in [2.75, 3.05) is 19.8 Å². The second kappa shape index (κ2) is 6.01. The molecule has 16 heavy (non-hydrogen) atoms. The molecule has 4 heteroatoms. The van der Waals surface area contributed by atoms with Crippen LogP contribution in [0, 0.1) is 0 Å². The van der Waals surface area contributed by atoms with E-state index in [0.29, 0.717) is 5.92 Å². The molecule has 90 valence electrons. The Morgan fingerprint density at radius 3 is 3.25 bits per heavy atom. The summed E-state index contributed by atoms with van der Waals surface area (Å²) < 4.78 is 11.2. The molecule has 2 rings (SSSR count). The molecule has 1 fully saturated rings. The molecule has 1 N–H and O–H groups in total. The van der Waals surface area contributed by atoms with Crippen molar-refractivity contribution in [1.29, 1.82) is 0 Å². The van der Waals surface area contributed by atoms with Crippen molar-refractivity contribution in [3.8, 4) is 0 Å². The predicted molar refractivity (Wildman–Crippen MR) is 61.3 cm³/mol. The van der Waals surface area contributed by atoms with Gasteiger partial charge in [-0.3, -0.25) is 0 Å². The normalized spacial score (nSPS) is 21.2. The summed E-state index contributed by atoms with van der Waals surface area (Å²) in [7, 11) is 0. The first kappa shape index (κ1) is 11.6. The third kappa shape index (κ3) is 3.06. The first-order valence-corrected chi connectivity index (χ1v) is 6.13. The highest BCUT2D eigenvalue weighted by molar-refractivity contribution is 5.02. The van der Waals surface area contributed by atoms with Crippen molar-refractivity contribution in [3.63, 3.8) is 0 Å². The summed E-state index contributed by atoms with van der Waals surface area (Å²) in [5.41, 5.74) is 0. The van der Waals surface area contributed by atoms with Crippen LogP contribution in [0.3, 0.4) is 0 Å². The predicted octanol–water partition coefficient (Wildman–Crippen LogP) is 2.07. The molecule has 4 nitrogen and oxygen atoms in total. The van der Waals surface area contributed by atoms with Gasteiger partial charge in [-0.2, -0.15) is 0 Å². The van der Waals surface area contributed by atoms with Crippen molar-refractivity contribution in [1.82, 2.24) is 10.3 Å². The van der Waals surface area contributed by atoms with E-state index >= 15 is 0 Å². The molecular weight excluding hydrogens is 204 g/mol. The highest BCUT2D eigenvalue weighted by atomic mass is 16.5. The Morgan fingerprint density at radius 1 is 1.56 bits per heavy atom. The molecular formula is C12H20N2O2. The Hall–Kier alpha value is -0.870. The maximum atomic E-state index is 5.72. The zero-order chi connectivity index (χ0) is 11.2. The lowest BCUT2D eigenvalue weighted by Gasteiger charge is -2.19. The van der Waals surface area contributed by atoms with E-state index in [-0.39, 0.29) is 0 Å². The van der Waals surface area contributed by atoms with E-state index in [0.717, 1.165) is 57.2 Å². The van der Waals surface area contributed by atoms with E-state index in [1.165, 1.54) is 0 Å². The second-order valence-electron chi connectivity index (χ2n) is 4.25. The molecule has 1 aromatic rings. The monoisotopic (exact) mass is 224 g/mol. The molecule has 0 bridgehead atoms. The van der Waals surface area contributed by atoms with Gasteiger partial charge in [-0.1, -0.05) is 6.92 Å². The number of hydrogen-bond donors (Lipinski definition) is 1. The number of rotatable bonds is 5. The van der Waals surface area contributed by atoms with Gasteiger partial charge in [0.15, 0.2) is 0 Å². The smallest absolute Gasteiger partial charge is 0.208 e. The molecule has 0 aromatic carbocycles. The minimum absolute atomic E-state index is 0.404. The largest absolute Gasteiger partial charge is 0.444 e. The van der Waals surface area contributed by atoms with Crippen LogP contribution in [-0.4, -0.2) is 24.7 Å². The van der Waals surface area contributed by atoms with Gasteiger partial charge in [0, 0.05) is 12.5 Å². The number of oxazole rings is 1. The second-order valence-corrected chi connectivity index (χ2v) is 4.25. The van der Waals surface area contributed by atoms with Crippen LogP contribution in [0.2, 0.25) is 0 Å². The van der Waals surface area contributed by atoms with E-state index in [1.54, 1.807) is 0 Å². The highest BCUT2D eigenvalue weighted by Gasteiger charge is 2.19. The van der Waals surface area contributed by atoms with Gasteiger partial charge in [-0.05, 0) is 25.8 Å². The fourth-order valence-corrected chi connectivity index (χ4v) is 1.93. The summed E-state index contributed by atoms with van der Waals surface area (Å²) in [5.74, 6) is 2.17. The standard InChI is InChI=1S/C12H20N2O2/c1-2-5-13-8-12-14-7-11(16-12)10-4-3-6-15-9-10/h7,10,13H,2-6,8-9H2,1H3. The highest BCUT2D eigenvalue weighted by Crippen LogP contribution is 2.25. The zero-order valence-electron chi connectivity index (χ0n) is 9.87. The maximum Gasteiger partial charge on any atom is 0.208 e. The van der Waals surface area contributed by atoms with Crippen LogP contribution < -0.4 is 5.32 Å².